The lowest BCUT2D eigenvalue weighted by atomic mass is 10.1. The highest BCUT2D eigenvalue weighted by Crippen LogP contribution is 2.37. The van der Waals surface area contributed by atoms with Crippen LogP contribution in [0, 0.1) is 11.7 Å². The fraction of sp³-hybridized carbons (Fsp3) is 0.474. The third-order valence-electron chi connectivity index (χ3n) is 5.17. The van der Waals surface area contributed by atoms with E-state index in [9.17, 15) is 27.5 Å². The van der Waals surface area contributed by atoms with E-state index < -0.39 is 27.3 Å². The molecule has 4 rings (SSSR count). The molecule has 3 heterocycles. The Bertz CT molecular complexity index is 1270. The van der Waals surface area contributed by atoms with Crippen LogP contribution in [0.2, 0.25) is 0 Å². The first-order chi connectivity index (χ1) is 15.4. The van der Waals surface area contributed by atoms with Gasteiger partial charge in [0.1, 0.15) is 18.3 Å². The molecular weight excluding hydrogens is 461 g/mol. The lowest BCUT2D eigenvalue weighted by Crippen LogP contribution is -2.26. The second-order valence-corrected chi connectivity index (χ2v) is 9.26. The number of aromatic nitrogens is 2. The number of carbonyl (C=O) groups is 1. The van der Waals surface area contributed by atoms with Crippen molar-refractivity contribution in [3.05, 3.63) is 33.9 Å². The number of anilines is 1. The molecule has 14 heteroatoms. The summed E-state index contributed by atoms with van der Waals surface area (Å²) in [5.41, 5.74) is 5.65. The summed E-state index contributed by atoms with van der Waals surface area (Å²) in [7, 11) is -2.23. The molecule has 1 aliphatic heterocycles. The lowest BCUT2D eigenvalue weighted by Gasteiger charge is -2.19. The number of nitrogens with two attached hydrogens (primary N) is 1. The van der Waals surface area contributed by atoms with Crippen LogP contribution in [0.1, 0.15) is 29.2 Å². The fourth-order valence-electron chi connectivity index (χ4n) is 3.60. The molecule has 0 amide bonds. The summed E-state index contributed by atoms with van der Waals surface area (Å²) < 4.78 is 42.4. The van der Waals surface area contributed by atoms with Gasteiger partial charge >= 0.3 is 5.97 Å². The molecule has 0 radical (unpaired) electrons. The second kappa shape index (κ2) is 9.41. The van der Waals surface area contributed by atoms with E-state index >= 15 is 0 Å². The molecule has 2 aromatic heterocycles. The lowest BCUT2D eigenvalue weighted by molar-refractivity contribution is 0.0694. The third-order valence-corrected chi connectivity index (χ3v) is 5.17. The van der Waals surface area contributed by atoms with Crippen LogP contribution in [0.5, 0.6) is 0 Å². The van der Waals surface area contributed by atoms with Crippen molar-refractivity contribution >= 4 is 38.7 Å². The molecule has 1 saturated carbocycles. The van der Waals surface area contributed by atoms with Gasteiger partial charge in [-0.3, -0.25) is 9.35 Å². The van der Waals surface area contributed by atoms with Gasteiger partial charge in [0.25, 0.3) is 10.1 Å². The molecule has 12 nitrogen and oxygen atoms in total. The van der Waals surface area contributed by atoms with Gasteiger partial charge in [-0.2, -0.15) is 8.42 Å². The molecule has 1 aliphatic carbocycles. The van der Waals surface area contributed by atoms with Crippen molar-refractivity contribution in [3.63, 3.8) is 0 Å². The topological polar surface area (TPSA) is 177 Å². The molecule has 0 bridgehead atoms. The van der Waals surface area contributed by atoms with Gasteiger partial charge in [-0.05, 0) is 18.9 Å². The average Bonchev–Trinajstić information content (AvgIpc) is 3.47. The zero-order chi connectivity index (χ0) is 24.5. The van der Waals surface area contributed by atoms with Crippen molar-refractivity contribution in [2.45, 2.75) is 18.9 Å². The molecule has 2 fully saturated rings. The summed E-state index contributed by atoms with van der Waals surface area (Å²) in [6, 6.07) is 1.14. The Hall–Kier alpha value is -3.10. The van der Waals surface area contributed by atoms with Crippen LogP contribution in [0.25, 0.3) is 11.0 Å². The number of oxime groups is 1. The normalized spacial score (nSPS) is 19.5. The van der Waals surface area contributed by atoms with E-state index in [1.165, 1.54) is 13.3 Å². The van der Waals surface area contributed by atoms with Crippen molar-refractivity contribution in [2.24, 2.45) is 16.8 Å². The van der Waals surface area contributed by atoms with Crippen LogP contribution in [0.4, 0.5) is 10.2 Å². The minimum atomic E-state index is -3.67. The molecule has 0 unspecified atom stereocenters. The van der Waals surface area contributed by atoms with Crippen molar-refractivity contribution in [3.8, 4) is 0 Å². The van der Waals surface area contributed by atoms with E-state index in [0.717, 1.165) is 18.9 Å². The first-order valence-electron chi connectivity index (χ1n) is 9.90. The molecule has 0 aromatic carbocycles. The highest BCUT2D eigenvalue weighted by molar-refractivity contribution is 7.85. The van der Waals surface area contributed by atoms with Gasteiger partial charge in [0.05, 0.1) is 23.9 Å². The number of hydrogen-bond donors (Lipinski definition) is 3. The first-order valence-corrected chi connectivity index (χ1v) is 11.8. The maximum Gasteiger partial charge on any atom is 0.341 e. The smallest absolute Gasteiger partial charge is 0.341 e. The number of rotatable bonds is 5. The number of fused-ring (bicyclic) bond motifs is 1. The number of hydrogen-bond acceptors (Lipinski definition) is 9. The minimum absolute atomic E-state index is 0.0339. The Morgan fingerprint density at radius 3 is 2.58 bits per heavy atom. The van der Waals surface area contributed by atoms with Crippen LogP contribution in [-0.4, -0.2) is 72.3 Å². The molecule has 2 aromatic rings. The predicted octanol–water partition coefficient (Wildman–Crippen LogP) is 0.470. The van der Waals surface area contributed by atoms with Crippen molar-refractivity contribution in [1.82, 2.24) is 9.55 Å². The molecular formula is C19H24FN5O7S. The number of nitrogens with zero attached hydrogens (tertiary/aromatic N) is 4. The van der Waals surface area contributed by atoms with Crippen molar-refractivity contribution in [1.29, 1.82) is 0 Å². The molecule has 0 spiro atoms. The van der Waals surface area contributed by atoms with Gasteiger partial charge in [-0.25, -0.2) is 14.2 Å². The van der Waals surface area contributed by atoms with E-state index in [2.05, 4.69) is 10.1 Å². The highest BCUT2D eigenvalue weighted by atomic mass is 32.2. The number of carboxylic acids is 1. The summed E-state index contributed by atoms with van der Waals surface area (Å²) in [5.74, 6) is -2.03. The van der Waals surface area contributed by atoms with Gasteiger partial charge < -0.3 is 25.1 Å². The minimum Gasteiger partial charge on any atom is -0.477 e. The Morgan fingerprint density at radius 2 is 2.06 bits per heavy atom. The first kappa shape index (κ1) is 24.5. The van der Waals surface area contributed by atoms with Gasteiger partial charge in [0.2, 0.25) is 5.43 Å². The molecule has 2 aliphatic rings. The quantitative estimate of drug-likeness (QED) is 0.398. The molecule has 4 N–H and O–H groups in total. The Morgan fingerprint density at radius 1 is 1.42 bits per heavy atom. The van der Waals surface area contributed by atoms with E-state index in [4.69, 9.17) is 15.1 Å². The number of pyridine rings is 2. The maximum absolute atomic E-state index is 14.9. The average molecular weight is 485 g/mol. The zero-order valence-corrected chi connectivity index (χ0v) is 18.7. The monoisotopic (exact) mass is 485 g/mol. The largest absolute Gasteiger partial charge is 0.477 e. The van der Waals surface area contributed by atoms with Crippen LogP contribution < -0.4 is 16.1 Å². The van der Waals surface area contributed by atoms with Gasteiger partial charge in [-0.1, -0.05) is 5.16 Å². The van der Waals surface area contributed by atoms with E-state index in [0.29, 0.717) is 31.6 Å². The summed E-state index contributed by atoms with van der Waals surface area (Å²) in [5, 5.41) is 13.2. The Balaban J connectivity index is 0.000000555. The number of aromatic carboxylic acids is 1. The predicted molar refractivity (Wildman–Crippen MR) is 118 cm³/mol. The summed E-state index contributed by atoms with van der Waals surface area (Å²) in [4.78, 5) is 34.9. The summed E-state index contributed by atoms with van der Waals surface area (Å²) >= 11 is 0. The summed E-state index contributed by atoms with van der Waals surface area (Å²) in [6.45, 7) is 1.07. The molecule has 1 atom stereocenters. The van der Waals surface area contributed by atoms with Gasteiger partial charge in [0.15, 0.2) is 11.6 Å². The van der Waals surface area contributed by atoms with Crippen LogP contribution in [-0.2, 0) is 15.0 Å². The van der Waals surface area contributed by atoms with Crippen LogP contribution in [0.3, 0.4) is 0 Å². The standard InChI is InChI=1S/C18H20FN5O4.CH4O3S/c1-28-22-14-8-23(6-9(14)5-20)17-13(19)4-11-15(25)12(18(26)27)7-24(10-2-3-10)16(11)21-17;1-5(2,3)4/h4,7,9-10H,2-3,5-6,8,20H2,1H3,(H,26,27);1H3,(H,2,3,4)/b22-14+;/t9-;/m1./s1. The zero-order valence-electron chi connectivity index (χ0n) is 17.9. The molecule has 1 saturated heterocycles. The Kier molecular flexibility index (Phi) is 7.00. The van der Waals surface area contributed by atoms with E-state index in [1.54, 1.807) is 9.47 Å². The highest BCUT2D eigenvalue weighted by Gasteiger charge is 2.33. The number of halogens is 1. The van der Waals surface area contributed by atoms with Crippen LogP contribution >= 0.6 is 0 Å². The fourth-order valence-corrected chi connectivity index (χ4v) is 3.60. The van der Waals surface area contributed by atoms with Crippen molar-refractivity contribution < 1.29 is 32.1 Å². The summed E-state index contributed by atoms with van der Waals surface area (Å²) in [6.07, 6.45) is 3.74. The third kappa shape index (κ3) is 5.64. The van der Waals surface area contributed by atoms with E-state index in [-0.39, 0.29) is 34.4 Å². The maximum atomic E-state index is 14.9. The van der Waals surface area contributed by atoms with E-state index in [1.807, 2.05) is 0 Å². The SMILES string of the molecule is CO/N=C1\CN(c2nc3c(cc2F)c(=O)c(C(=O)O)cn3C2CC2)C[C@H]1CN.CS(=O)(=O)O. The molecule has 33 heavy (non-hydrogen) atoms. The second-order valence-electron chi connectivity index (χ2n) is 7.79. The molecule has 180 valence electrons. The van der Waals surface area contributed by atoms with Crippen LogP contribution in [0.15, 0.2) is 22.2 Å². The Labute approximate surface area is 188 Å². The number of carboxylic acid groups (broad SMARTS) is 1. The van der Waals surface area contributed by atoms with Crippen molar-refractivity contribution in [2.75, 3.05) is 37.9 Å². The van der Waals surface area contributed by atoms with Gasteiger partial charge in [0, 0.05) is 31.2 Å². The van der Waals surface area contributed by atoms with Gasteiger partial charge in [-0.15, -0.1) is 0 Å².